The maximum absolute atomic E-state index is 14.0. The molecule has 0 aliphatic carbocycles. The van der Waals surface area contributed by atoms with Gasteiger partial charge >= 0.3 is 0 Å². The standard InChI is InChI=1S/C17H23FN2O2/c1-17-8-9-19(10-11-21)15(17)6-7-16(22)20(17)12-13-4-2-3-5-14(13)18/h2-5,15,21H,6-12H2,1H3/t15-,17-/m0/s1. The first-order valence-corrected chi connectivity index (χ1v) is 7.95. The first kappa shape index (κ1) is 15.4. The molecule has 3 rings (SSSR count). The lowest BCUT2D eigenvalue weighted by Gasteiger charge is -2.48. The van der Waals surface area contributed by atoms with Gasteiger partial charge in [-0.2, -0.15) is 0 Å². The van der Waals surface area contributed by atoms with E-state index >= 15 is 0 Å². The predicted molar refractivity (Wildman–Crippen MR) is 81.7 cm³/mol. The van der Waals surface area contributed by atoms with Crippen LogP contribution in [-0.4, -0.2) is 52.1 Å². The first-order valence-electron chi connectivity index (χ1n) is 7.95. The number of hydrogen-bond acceptors (Lipinski definition) is 3. The molecule has 0 bridgehead atoms. The fourth-order valence-corrected chi connectivity index (χ4v) is 4.04. The molecule has 22 heavy (non-hydrogen) atoms. The Morgan fingerprint density at radius 3 is 2.91 bits per heavy atom. The number of rotatable bonds is 4. The molecule has 4 nitrogen and oxygen atoms in total. The van der Waals surface area contributed by atoms with Crippen molar-refractivity contribution in [3.05, 3.63) is 35.6 Å². The number of β-amino-alcohol motifs (C(OH)–C–C–N with tert-alkyl or cyclic N) is 1. The van der Waals surface area contributed by atoms with Crippen LogP contribution in [0, 0.1) is 5.82 Å². The molecule has 2 atom stereocenters. The zero-order valence-electron chi connectivity index (χ0n) is 13.0. The van der Waals surface area contributed by atoms with Crippen LogP contribution in [0.1, 0.15) is 31.7 Å². The van der Waals surface area contributed by atoms with Crippen molar-refractivity contribution >= 4 is 5.91 Å². The maximum Gasteiger partial charge on any atom is 0.223 e. The van der Waals surface area contributed by atoms with Gasteiger partial charge in [-0.3, -0.25) is 9.69 Å². The van der Waals surface area contributed by atoms with Gasteiger partial charge in [-0.05, 0) is 25.8 Å². The van der Waals surface area contributed by atoms with Crippen molar-refractivity contribution < 1.29 is 14.3 Å². The molecule has 2 heterocycles. The molecule has 120 valence electrons. The van der Waals surface area contributed by atoms with Crippen LogP contribution in [0.4, 0.5) is 4.39 Å². The molecule has 5 heteroatoms. The van der Waals surface area contributed by atoms with E-state index in [1.165, 1.54) is 6.07 Å². The van der Waals surface area contributed by atoms with Crippen LogP contribution in [0.3, 0.4) is 0 Å². The quantitative estimate of drug-likeness (QED) is 0.922. The molecule has 2 fully saturated rings. The van der Waals surface area contributed by atoms with Crippen molar-refractivity contribution in [2.24, 2.45) is 0 Å². The molecule has 0 radical (unpaired) electrons. The number of likely N-dealkylation sites (tertiary alicyclic amines) is 2. The molecule has 0 spiro atoms. The number of fused-ring (bicyclic) bond motifs is 1. The molecule has 2 saturated heterocycles. The van der Waals surface area contributed by atoms with Crippen LogP contribution >= 0.6 is 0 Å². The third kappa shape index (κ3) is 2.52. The van der Waals surface area contributed by atoms with Gasteiger partial charge in [-0.15, -0.1) is 0 Å². The summed E-state index contributed by atoms with van der Waals surface area (Å²) in [4.78, 5) is 16.6. The van der Waals surface area contributed by atoms with E-state index < -0.39 is 0 Å². The van der Waals surface area contributed by atoms with E-state index in [0.29, 0.717) is 25.1 Å². The minimum atomic E-state index is -0.271. The second kappa shape index (κ2) is 5.97. The molecular weight excluding hydrogens is 283 g/mol. The fourth-order valence-electron chi connectivity index (χ4n) is 4.04. The van der Waals surface area contributed by atoms with Crippen LogP contribution in [0.25, 0.3) is 0 Å². The van der Waals surface area contributed by atoms with Crippen LogP contribution in [0.15, 0.2) is 24.3 Å². The average molecular weight is 306 g/mol. The van der Waals surface area contributed by atoms with E-state index in [1.54, 1.807) is 18.2 Å². The van der Waals surface area contributed by atoms with Crippen molar-refractivity contribution in [1.82, 2.24) is 9.80 Å². The summed E-state index contributed by atoms with van der Waals surface area (Å²) in [6, 6.07) is 6.91. The van der Waals surface area contributed by atoms with E-state index in [9.17, 15) is 14.3 Å². The minimum absolute atomic E-state index is 0.104. The second-order valence-electron chi connectivity index (χ2n) is 6.49. The molecule has 2 aliphatic heterocycles. The SMILES string of the molecule is C[C@]12CCN(CCO)[C@H]1CCC(=O)N2Cc1ccccc1F. The van der Waals surface area contributed by atoms with Gasteiger partial charge in [0.1, 0.15) is 5.82 Å². The zero-order valence-corrected chi connectivity index (χ0v) is 13.0. The van der Waals surface area contributed by atoms with E-state index in [4.69, 9.17) is 0 Å². The summed E-state index contributed by atoms with van der Waals surface area (Å²) < 4.78 is 14.0. The zero-order chi connectivity index (χ0) is 15.7. The number of amides is 1. The Balaban J connectivity index is 1.86. The highest BCUT2D eigenvalue weighted by atomic mass is 19.1. The van der Waals surface area contributed by atoms with Crippen LogP contribution in [0.5, 0.6) is 0 Å². The van der Waals surface area contributed by atoms with Crippen molar-refractivity contribution in [3.8, 4) is 0 Å². The number of carbonyl (C=O) groups is 1. The largest absolute Gasteiger partial charge is 0.395 e. The summed E-state index contributed by atoms with van der Waals surface area (Å²) >= 11 is 0. The Labute approximate surface area is 130 Å². The molecule has 0 aromatic heterocycles. The number of hydrogen-bond donors (Lipinski definition) is 1. The minimum Gasteiger partial charge on any atom is -0.395 e. The molecule has 2 aliphatic rings. The third-order valence-corrected chi connectivity index (χ3v) is 5.29. The lowest BCUT2D eigenvalue weighted by Crippen LogP contribution is -2.60. The number of carbonyl (C=O) groups excluding carboxylic acids is 1. The second-order valence-corrected chi connectivity index (χ2v) is 6.49. The van der Waals surface area contributed by atoms with Gasteiger partial charge in [0.25, 0.3) is 0 Å². The monoisotopic (exact) mass is 306 g/mol. The number of benzene rings is 1. The molecule has 1 amide bonds. The summed E-state index contributed by atoms with van der Waals surface area (Å²) in [6.45, 7) is 4.08. The Kier molecular flexibility index (Phi) is 4.19. The van der Waals surface area contributed by atoms with Crippen LogP contribution in [0.2, 0.25) is 0 Å². The van der Waals surface area contributed by atoms with Gasteiger partial charge < -0.3 is 10.0 Å². The summed E-state index contributed by atoms with van der Waals surface area (Å²) in [6.07, 6.45) is 2.19. The van der Waals surface area contributed by atoms with Gasteiger partial charge in [-0.1, -0.05) is 18.2 Å². The normalized spacial score (nSPS) is 29.0. The lowest BCUT2D eigenvalue weighted by molar-refractivity contribution is -0.144. The highest BCUT2D eigenvalue weighted by Crippen LogP contribution is 2.41. The van der Waals surface area contributed by atoms with Crippen LogP contribution in [-0.2, 0) is 11.3 Å². The van der Waals surface area contributed by atoms with Gasteiger partial charge in [0.05, 0.1) is 12.1 Å². The number of aliphatic hydroxyl groups excluding tert-OH is 1. The first-order chi connectivity index (χ1) is 10.6. The predicted octanol–water partition coefficient (Wildman–Crippen LogP) is 1.77. The Morgan fingerprint density at radius 2 is 2.18 bits per heavy atom. The van der Waals surface area contributed by atoms with Gasteiger partial charge in [0, 0.05) is 37.7 Å². The Morgan fingerprint density at radius 1 is 1.41 bits per heavy atom. The molecule has 1 N–H and O–H groups in total. The summed E-state index contributed by atoms with van der Waals surface area (Å²) in [7, 11) is 0. The highest BCUT2D eigenvalue weighted by Gasteiger charge is 2.51. The topological polar surface area (TPSA) is 43.8 Å². The van der Waals surface area contributed by atoms with E-state index in [0.717, 1.165) is 19.4 Å². The highest BCUT2D eigenvalue weighted by molar-refractivity contribution is 5.78. The van der Waals surface area contributed by atoms with Crippen LogP contribution < -0.4 is 0 Å². The Bertz CT molecular complexity index is 565. The van der Waals surface area contributed by atoms with Gasteiger partial charge in [-0.25, -0.2) is 4.39 Å². The number of aliphatic hydroxyl groups is 1. The summed E-state index contributed by atoms with van der Waals surface area (Å²) in [5.41, 5.74) is 0.297. The Hall–Kier alpha value is -1.46. The molecule has 0 unspecified atom stereocenters. The number of piperidine rings is 1. The third-order valence-electron chi connectivity index (χ3n) is 5.29. The summed E-state index contributed by atoms with van der Waals surface area (Å²) in [5.74, 6) is -0.154. The van der Waals surface area contributed by atoms with Crippen molar-refractivity contribution in [1.29, 1.82) is 0 Å². The molecule has 0 saturated carbocycles. The number of nitrogens with zero attached hydrogens (tertiary/aromatic N) is 2. The lowest BCUT2D eigenvalue weighted by atomic mass is 9.83. The van der Waals surface area contributed by atoms with E-state index in [-0.39, 0.29) is 29.9 Å². The van der Waals surface area contributed by atoms with E-state index in [1.807, 2.05) is 4.90 Å². The van der Waals surface area contributed by atoms with Gasteiger partial charge in [0.15, 0.2) is 0 Å². The fraction of sp³-hybridized carbons (Fsp3) is 0.588. The smallest absolute Gasteiger partial charge is 0.223 e. The molecule has 1 aromatic carbocycles. The summed E-state index contributed by atoms with van der Waals surface area (Å²) in [5, 5.41) is 9.22. The average Bonchev–Trinajstić information content (AvgIpc) is 2.82. The van der Waals surface area contributed by atoms with Crippen molar-refractivity contribution in [2.75, 3.05) is 19.7 Å². The van der Waals surface area contributed by atoms with E-state index in [2.05, 4.69) is 11.8 Å². The van der Waals surface area contributed by atoms with Gasteiger partial charge in [0.2, 0.25) is 5.91 Å². The number of halogens is 1. The molecular formula is C17H23FN2O2. The van der Waals surface area contributed by atoms with Crippen molar-refractivity contribution in [2.45, 2.75) is 44.3 Å². The van der Waals surface area contributed by atoms with Crippen molar-refractivity contribution in [3.63, 3.8) is 0 Å². The maximum atomic E-state index is 14.0. The molecule has 1 aromatic rings.